The average molecular weight is 348 g/mol. The highest BCUT2D eigenvalue weighted by Crippen LogP contribution is 2.31. The number of aryl methyl sites for hydroxylation is 1. The minimum atomic E-state index is -0.879. The third-order valence-corrected chi connectivity index (χ3v) is 4.75. The van der Waals surface area contributed by atoms with Crippen molar-refractivity contribution in [1.29, 1.82) is 0 Å². The molecule has 1 amide bonds. The van der Waals surface area contributed by atoms with Gasteiger partial charge in [-0.25, -0.2) is 4.68 Å². The molecule has 1 saturated heterocycles. The number of rotatable bonds is 3. The lowest BCUT2D eigenvalue weighted by molar-refractivity contribution is -0.147. The summed E-state index contributed by atoms with van der Waals surface area (Å²) in [4.78, 5) is 25.7. The molecular formula is C17H18ClN3O3. The first-order chi connectivity index (χ1) is 11.3. The molecule has 1 N–H and O–H groups in total. The van der Waals surface area contributed by atoms with Gasteiger partial charge in [-0.3, -0.25) is 9.59 Å². The second-order valence-corrected chi connectivity index (χ2v) is 6.83. The number of hydrogen-bond donors (Lipinski definition) is 1. The number of hydrogen-bond acceptors (Lipinski definition) is 3. The zero-order chi connectivity index (χ0) is 17.5. The first-order valence-corrected chi connectivity index (χ1v) is 8.03. The molecule has 6 nitrogen and oxygen atoms in total. The molecule has 0 spiro atoms. The Labute approximate surface area is 144 Å². The first kappa shape index (κ1) is 16.5. The summed E-state index contributed by atoms with van der Waals surface area (Å²) in [6.45, 7) is 4.10. The zero-order valence-corrected chi connectivity index (χ0v) is 14.2. The van der Waals surface area contributed by atoms with E-state index in [1.54, 1.807) is 41.8 Å². The van der Waals surface area contributed by atoms with E-state index >= 15 is 0 Å². The van der Waals surface area contributed by atoms with Gasteiger partial charge in [-0.15, -0.1) is 0 Å². The Morgan fingerprint density at radius 1 is 1.29 bits per heavy atom. The van der Waals surface area contributed by atoms with Gasteiger partial charge in [0.25, 0.3) is 5.91 Å². The highest BCUT2D eigenvalue weighted by molar-refractivity contribution is 6.30. The van der Waals surface area contributed by atoms with E-state index in [2.05, 4.69) is 5.10 Å². The highest BCUT2D eigenvalue weighted by atomic mass is 35.5. The van der Waals surface area contributed by atoms with Crippen LogP contribution in [0.15, 0.2) is 30.5 Å². The molecular weight excluding hydrogens is 330 g/mol. The molecule has 1 fully saturated rings. The van der Waals surface area contributed by atoms with Crippen molar-refractivity contribution in [3.63, 3.8) is 0 Å². The Balaban J connectivity index is 1.84. The van der Waals surface area contributed by atoms with Gasteiger partial charge in [0.2, 0.25) is 0 Å². The maximum atomic E-state index is 12.7. The fourth-order valence-corrected chi connectivity index (χ4v) is 3.00. The van der Waals surface area contributed by atoms with Crippen molar-refractivity contribution in [2.24, 2.45) is 5.41 Å². The lowest BCUT2D eigenvalue weighted by Gasteiger charge is -2.19. The minimum Gasteiger partial charge on any atom is -0.481 e. The standard InChI is InChI=1S/C17H18ClN3O3/c1-11-14(9-21(19-11)13-5-3-12(18)4-6-13)15(22)20-8-7-17(2,10-20)16(23)24/h3-6,9H,7-8,10H2,1-2H3,(H,23,24)/t17-/m0/s1. The predicted molar refractivity (Wildman–Crippen MR) is 89.6 cm³/mol. The maximum absolute atomic E-state index is 12.7. The molecule has 3 rings (SSSR count). The molecule has 1 aliphatic rings. The van der Waals surface area contributed by atoms with Gasteiger partial charge in [0.15, 0.2) is 0 Å². The van der Waals surface area contributed by atoms with Crippen LogP contribution in [0.25, 0.3) is 5.69 Å². The predicted octanol–water partition coefficient (Wildman–Crippen LogP) is 2.77. The van der Waals surface area contributed by atoms with E-state index in [-0.39, 0.29) is 12.5 Å². The monoisotopic (exact) mass is 347 g/mol. The Hall–Kier alpha value is -2.34. The summed E-state index contributed by atoms with van der Waals surface area (Å²) in [5, 5.41) is 14.3. The van der Waals surface area contributed by atoms with Crippen molar-refractivity contribution in [2.75, 3.05) is 13.1 Å². The fourth-order valence-electron chi connectivity index (χ4n) is 2.88. The number of benzene rings is 1. The van der Waals surface area contributed by atoms with Crippen LogP contribution < -0.4 is 0 Å². The molecule has 0 aliphatic carbocycles. The van der Waals surface area contributed by atoms with E-state index in [0.29, 0.717) is 29.2 Å². The largest absolute Gasteiger partial charge is 0.481 e. The van der Waals surface area contributed by atoms with Gasteiger partial charge in [-0.05, 0) is 44.5 Å². The normalized spacial score (nSPS) is 20.4. The summed E-state index contributed by atoms with van der Waals surface area (Å²) in [7, 11) is 0. The molecule has 1 aliphatic heterocycles. The number of carboxylic acid groups (broad SMARTS) is 1. The lowest BCUT2D eigenvalue weighted by atomic mass is 9.90. The molecule has 2 aromatic rings. The van der Waals surface area contributed by atoms with E-state index < -0.39 is 11.4 Å². The maximum Gasteiger partial charge on any atom is 0.311 e. The van der Waals surface area contributed by atoms with Gasteiger partial charge < -0.3 is 10.0 Å². The number of carboxylic acids is 1. The number of aliphatic carboxylic acids is 1. The number of carbonyl (C=O) groups excluding carboxylic acids is 1. The van der Waals surface area contributed by atoms with Crippen molar-refractivity contribution in [3.8, 4) is 5.69 Å². The van der Waals surface area contributed by atoms with Gasteiger partial charge >= 0.3 is 5.97 Å². The van der Waals surface area contributed by atoms with Crippen molar-refractivity contribution >= 4 is 23.5 Å². The first-order valence-electron chi connectivity index (χ1n) is 7.65. The number of amides is 1. The number of nitrogens with zero attached hydrogens (tertiary/aromatic N) is 3. The topological polar surface area (TPSA) is 75.4 Å². The van der Waals surface area contributed by atoms with Crippen LogP contribution in [0.2, 0.25) is 5.02 Å². The van der Waals surface area contributed by atoms with Crippen LogP contribution in [0.1, 0.15) is 29.4 Å². The van der Waals surface area contributed by atoms with Gasteiger partial charge in [0, 0.05) is 24.3 Å². The molecule has 0 unspecified atom stereocenters. The van der Waals surface area contributed by atoms with Gasteiger partial charge in [-0.2, -0.15) is 5.10 Å². The average Bonchev–Trinajstić information content (AvgIpc) is 3.12. The Kier molecular flexibility index (Phi) is 4.09. The number of carbonyl (C=O) groups is 2. The molecule has 1 aromatic carbocycles. The number of halogens is 1. The van der Waals surface area contributed by atoms with Gasteiger partial charge in [0.05, 0.1) is 22.4 Å². The third-order valence-electron chi connectivity index (χ3n) is 4.50. The van der Waals surface area contributed by atoms with Crippen molar-refractivity contribution < 1.29 is 14.7 Å². The van der Waals surface area contributed by atoms with E-state index in [1.165, 1.54) is 0 Å². The van der Waals surface area contributed by atoms with Crippen LogP contribution in [-0.4, -0.2) is 44.8 Å². The lowest BCUT2D eigenvalue weighted by Crippen LogP contribution is -2.35. The van der Waals surface area contributed by atoms with Crippen LogP contribution in [0, 0.1) is 12.3 Å². The summed E-state index contributed by atoms with van der Waals surface area (Å²) in [5.41, 5.74) is 1.02. The minimum absolute atomic E-state index is 0.183. The van der Waals surface area contributed by atoms with Crippen LogP contribution in [0.4, 0.5) is 0 Å². The Bertz CT molecular complexity index is 800. The molecule has 1 aromatic heterocycles. The van der Waals surface area contributed by atoms with E-state index in [0.717, 1.165) is 5.69 Å². The summed E-state index contributed by atoms with van der Waals surface area (Å²) < 4.78 is 1.63. The molecule has 24 heavy (non-hydrogen) atoms. The summed E-state index contributed by atoms with van der Waals surface area (Å²) in [5.74, 6) is -1.05. The quantitative estimate of drug-likeness (QED) is 0.926. The molecule has 1 atom stereocenters. The number of likely N-dealkylation sites (tertiary alicyclic amines) is 1. The summed E-state index contributed by atoms with van der Waals surface area (Å²) in [6.07, 6.45) is 2.13. The molecule has 0 saturated carbocycles. The zero-order valence-electron chi connectivity index (χ0n) is 13.5. The highest BCUT2D eigenvalue weighted by Gasteiger charge is 2.42. The fraction of sp³-hybridized carbons (Fsp3) is 0.353. The second kappa shape index (κ2) is 5.94. The van der Waals surface area contributed by atoms with Crippen LogP contribution in [-0.2, 0) is 4.79 Å². The second-order valence-electron chi connectivity index (χ2n) is 6.39. The molecule has 0 radical (unpaired) electrons. The smallest absolute Gasteiger partial charge is 0.311 e. The van der Waals surface area contributed by atoms with Crippen molar-refractivity contribution in [2.45, 2.75) is 20.3 Å². The Morgan fingerprint density at radius 3 is 2.54 bits per heavy atom. The molecule has 7 heteroatoms. The third kappa shape index (κ3) is 2.89. The number of aromatic nitrogens is 2. The van der Waals surface area contributed by atoms with Crippen LogP contribution >= 0.6 is 11.6 Å². The van der Waals surface area contributed by atoms with E-state index in [1.807, 2.05) is 12.1 Å². The van der Waals surface area contributed by atoms with Crippen LogP contribution in [0.5, 0.6) is 0 Å². The SMILES string of the molecule is Cc1nn(-c2ccc(Cl)cc2)cc1C(=O)N1CC[C@](C)(C(=O)O)C1. The summed E-state index contributed by atoms with van der Waals surface area (Å²) in [6, 6.07) is 7.16. The van der Waals surface area contributed by atoms with Crippen molar-refractivity contribution in [3.05, 3.63) is 46.7 Å². The van der Waals surface area contributed by atoms with Gasteiger partial charge in [-0.1, -0.05) is 11.6 Å². The Morgan fingerprint density at radius 2 is 1.96 bits per heavy atom. The van der Waals surface area contributed by atoms with Crippen molar-refractivity contribution in [1.82, 2.24) is 14.7 Å². The van der Waals surface area contributed by atoms with Gasteiger partial charge in [0.1, 0.15) is 0 Å². The molecule has 126 valence electrons. The molecule has 2 heterocycles. The van der Waals surface area contributed by atoms with E-state index in [4.69, 9.17) is 11.6 Å². The molecule has 0 bridgehead atoms. The summed E-state index contributed by atoms with van der Waals surface area (Å²) >= 11 is 5.89. The van der Waals surface area contributed by atoms with Crippen LogP contribution in [0.3, 0.4) is 0 Å². The van der Waals surface area contributed by atoms with E-state index in [9.17, 15) is 14.7 Å².